The van der Waals surface area contributed by atoms with Gasteiger partial charge in [-0.15, -0.1) is 11.6 Å². The third-order valence-electron chi connectivity index (χ3n) is 4.70. The predicted octanol–water partition coefficient (Wildman–Crippen LogP) is 2.60. The van der Waals surface area contributed by atoms with Crippen molar-refractivity contribution in [1.82, 2.24) is 24.4 Å². The van der Waals surface area contributed by atoms with Crippen molar-refractivity contribution >= 4 is 17.5 Å². The number of halogens is 1. The van der Waals surface area contributed by atoms with E-state index >= 15 is 0 Å². The maximum Gasteiger partial charge on any atom is 0.223 e. The number of carbonyl (C=O) groups excluding carboxylic acids is 1. The first kappa shape index (κ1) is 17.9. The molecule has 7 heteroatoms. The Morgan fingerprint density at radius 3 is 2.72 bits per heavy atom. The second-order valence-electron chi connectivity index (χ2n) is 6.64. The van der Waals surface area contributed by atoms with Gasteiger partial charge < -0.3 is 9.47 Å². The van der Waals surface area contributed by atoms with Crippen LogP contribution in [0.3, 0.4) is 0 Å². The number of alkyl halides is 1. The molecule has 0 unspecified atom stereocenters. The van der Waals surface area contributed by atoms with Crippen molar-refractivity contribution in [2.24, 2.45) is 13.0 Å². The van der Waals surface area contributed by atoms with E-state index in [1.165, 1.54) is 0 Å². The highest BCUT2D eigenvalue weighted by atomic mass is 35.5. The summed E-state index contributed by atoms with van der Waals surface area (Å²) in [7, 11) is 1.97. The fourth-order valence-corrected chi connectivity index (χ4v) is 3.49. The minimum atomic E-state index is 0.164. The Kier molecular flexibility index (Phi) is 5.68. The van der Waals surface area contributed by atoms with Gasteiger partial charge in [0.15, 0.2) is 5.82 Å². The van der Waals surface area contributed by atoms with Crippen LogP contribution in [0.1, 0.15) is 30.8 Å². The molecule has 1 fully saturated rings. The lowest BCUT2D eigenvalue weighted by Gasteiger charge is -2.31. The molecule has 1 amide bonds. The predicted molar refractivity (Wildman–Crippen MR) is 97.3 cm³/mol. The third kappa shape index (κ3) is 4.37. The molecule has 1 aliphatic rings. The molecule has 2 aromatic heterocycles. The van der Waals surface area contributed by atoms with E-state index in [2.05, 4.69) is 9.97 Å². The molecule has 6 nitrogen and oxygen atoms in total. The van der Waals surface area contributed by atoms with Gasteiger partial charge in [0.1, 0.15) is 11.5 Å². The number of carbonyl (C=O) groups is 1. The summed E-state index contributed by atoms with van der Waals surface area (Å²) in [5.74, 6) is 2.79. The molecule has 0 saturated carbocycles. The zero-order valence-corrected chi connectivity index (χ0v) is 15.5. The number of aromatic nitrogens is 4. The summed E-state index contributed by atoms with van der Waals surface area (Å²) < 4.78 is 1.96. The zero-order valence-electron chi connectivity index (χ0n) is 14.8. The molecular formula is C18H24ClN5O. The molecule has 0 atom stereocenters. The molecule has 3 rings (SSSR count). The number of aryl methyl sites for hydroxylation is 2. The molecule has 0 bridgehead atoms. The number of piperidine rings is 1. The van der Waals surface area contributed by atoms with E-state index in [0.717, 1.165) is 55.4 Å². The molecule has 1 saturated heterocycles. The Labute approximate surface area is 153 Å². The SMILES string of the molecule is Cc1cc(-c2nccn2C)nc(CC2CCN(C(=O)CCCl)CC2)n1. The van der Waals surface area contributed by atoms with Crippen molar-refractivity contribution in [3.05, 3.63) is 30.0 Å². The summed E-state index contributed by atoms with van der Waals surface area (Å²) >= 11 is 5.66. The quantitative estimate of drug-likeness (QED) is 0.768. The molecule has 0 spiro atoms. The molecule has 0 aromatic carbocycles. The molecule has 134 valence electrons. The first-order valence-corrected chi connectivity index (χ1v) is 9.26. The van der Waals surface area contributed by atoms with Crippen LogP contribution in [-0.2, 0) is 18.3 Å². The molecular weight excluding hydrogens is 338 g/mol. The van der Waals surface area contributed by atoms with Crippen LogP contribution >= 0.6 is 11.6 Å². The van der Waals surface area contributed by atoms with E-state index < -0.39 is 0 Å². The van der Waals surface area contributed by atoms with Gasteiger partial charge in [0, 0.05) is 56.9 Å². The topological polar surface area (TPSA) is 63.9 Å². The summed E-state index contributed by atoms with van der Waals surface area (Å²) in [5, 5.41) is 0. The standard InChI is InChI=1S/C18H24ClN5O/c1-13-11-15(18-20-7-10-23(18)2)22-16(21-13)12-14-4-8-24(9-5-14)17(25)3-6-19/h7,10-11,14H,3-6,8-9,12H2,1-2H3. The molecule has 0 N–H and O–H groups in total. The Bertz CT molecular complexity index is 737. The molecule has 25 heavy (non-hydrogen) atoms. The van der Waals surface area contributed by atoms with Crippen LogP contribution in [0.2, 0.25) is 0 Å². The largest absolute Gasteiger partial charge is 0.343 e. The number of imidazole rings is 1. The summed E-state index contributed by atoms with van der Waals surface area (Å²) in [5.41, 5.74) is 1.82. The van der Waals surface area contributed by atoms with Crippen LogP contribution < -0.4 is 0 Å². The molecule has 3 heterocycles. The van der Waals surface area contributed by atoms with Crippen LogP contribution in [0.5, 0.6) is 0 Å². The number of likely N-dealkylation sites (tertiary alicyclic amines) is 1. The lowest BCUT2D eigenvalue weighted by atomic mass is 9.93. The van der Waals surface area contributed by atoms with Gasteiger partial charge in [-0.3, -0.25) is 4.79 Å². The van der Waals surface area contributed by atoms with Crippen LogP contribution in [-0.4, -0.2) is 49.3 Å². The van der Waals surface area contributed by atoms with Gasteiger partial charge in [0.2, 0.25) is 5.91 Å². The molecule has 0 radical (unpaired) electrons. The summed E-state index contributed by atoms with van der Waals surface area (Å²) in [6, 6.07) is 1.97. The van der Waals surface area contributed by atoms with E-state index in [1.54, 1.807) is 6.20 Å². The van der Waals surface area contributed by atoms with Gasteiger partial charge >= 0.3 is 0 Å². The van der Waals surface area contributed by atoms with Gasteiger partial charge in [-0.05, 0) is 31.7 Å². The average Bonchev–Trinajstić information content (AvgIpc) is 3.01. The highest BCUT2D eigenvalue weighted by Gasteiger charge is 2.23. The van der Waals surface area contributed by atoms with Gasteiger partial charge in [0.25, 0.3) is 0 Å². The second-order valence-corrected chi connectivity index (χ2v) is 7.02. The minimum absolute atomic E-state index is 0.164. The fraction of sp³-hybridized carbons (Fsp3) is 0.556. The minimum Gasteiger partial charge on any atom is -0.343 e. The van der Waals surface area contributed by atoms with Gasteiger partial charge in [-0.25, -0.2) is 15.0 Å². The van der Waals surface area contributed by atoms with Crippen molar-refractivity contribution in [3.8, 4) is 11.5 Å². The van der Waals surface area contributed by atoms with Crippen LogP contribution in [0.15, 0.2) is 18.5 Å². The highest BCUT2D eigenvalue weighted by molar-refractivity contribution is 6.18. The van der Waals surface area contributed by atoms with E-state index in [1.807, 2.05) is 35.7 Å². The molecule has 0 aliphatic carbocycles. The number of hydrogen-bond acceptors (Lipinski definition) is 4. The van der Waals surface area contributed by atoms with Crippen molar-refractivity contribution in [3.63, 3.8) is 0 Å². The van der Waals surface area contributed by atoms with Crippen LogP contribution in [0.4, 0.5) is 0 Å². The summed E-state index contributed by atoms with van der Waals surface area (Å²) in [6.07, 6.45) is 6.95. The monoisotopic (exact) mass is 361 g/mol. The van der Waals surface area contributed by atoms with Crippen LogP contribution in [0, 0.1) is 12.8 Å². The Morgan fingerprint density at radius 2 is 2.08 bits per heavy atom. The lowest BCUT2D eigenvalue weighted by molar-refractivity contribution is -0.132. The summed E-state index contributed by atoms with van der Waals surface area (Å²) in [6.45, 7) is 3.60. The van der Waals surface area contributed by atoms with Crippen molar-refractivity contribution in [1.29, 1.82) is 0 Å². The van der Waals surface area contributed by atoms with Crippen LogP contribution in [0.25, 0.3) is 11.5 Å². The highest BCUT2D eigenvalue weighted by Crippen LogP contribution is 2.22. The lowest BCUT2D eigenvalue weighted by Crippen LogP contribution is -2.39. The Hall–Kier alpha value is -1.95. The normalized spacial score (nSPS) is 15.6. The fourth-order valence-electron chi connectivity index (χ4n) is 3.33. The van der Waals surface area contributed by atoms with Gasteiger partial charge in [-0.1, -0.05) is 0 Å². The van der Waals surface area contributed by atoms with Gasteiger partial charge in [-0.2, -0.15) is 0 Å². The third-order valence-corrected chi connectivity index (χ3v) is 4.89. The number of nitrogens with zero attached hydrogens (tertiary/aromatic N) is 5. The van der Waals surface area contributed by atoms with Crippen molar-refractivity contribution in [2.75, 3.05) is 19.0 Å². The van der Waals surface area contributed by atoms with E-state index in [4.69, 9.17) is 16.6 Å². The van der Waals surface area contributed by atoms with Gasteiger partial charge in [0.05, 0.1) is 0 Å². The van der Waals surface area contributed by atoms with Crippen molar-refractivity contribution < 1.29 is 4.79 Å². The van der Waals surface area contributed by atoms with E-state index in [9.17, 15) is 4.79 Å². The zero-order chi connectivity index (χ0) is 17.8. The maximum absolute atomic E-state index is 11.9. The molecule has 2 aromatic rings. The number of hydrogen-bond donors (Lipinski definition) is 0. The summed E-state index contributed by atoms with van der Waals surface area (Å²) in [4.78, 5) is 27.6. The smallest absolute Gasteiger partial charge is 0.223 e. The first-order valence-electron chi connectivity index (χ1n) is 8.73. The second kappa shape index (κ2) is 7.95. The Morgan fingerprint density at radius 1 is 1.32 bits per heavy atom. The van der Waals surface area contributed by atoms with E-state index in [-0.39, 0.29) is 5.91 Å². The average molecular weight is 362 g/mol. The first-order chi connectivity index (χ1) is 12.1. The Balaban J connectivity index is 1.65. The van der Waals surface area contributed by atoms with Crippen molar-refractivity contribution in [2.45, 2.75) is 32.6 Å². The molecule has 1 aliphatic heterocycles. The number of rotatable bonds is 5. The maximum atomic E-state index is 11.9. The number of amides is 1. The van der Waals surface area contributed by atoms with E-state index in [0.29, 0.717) is 18.2 Å².